The number of alkyl halides is 3. The molecule has 0 amide bonds. The van der Waals surface area contributed by atoms with Crippen LogP contribution in [0, 0.1) is 0 Å². The molecule has 0 heterocycles. The second-order valence-corrected chi connectivity index (χ2v) is 3.91. The van der Waals surface area contributed by atoms with Crippen molar-refractivity contribution in [1.29, 1.82) is 0 Å². The van der Waals surface area contributed by atoms with Crippen LogP contribution in [-0.4, -0.2) is 19.7 Å². The summed E-state index contributed by atoms with van der Waals surface area (Å²) in [7, 11) is 1.31. The number of halogens is 3. The van der Waals surface area contributed by atoms with Crippen molar-refractivity contribution in [3.05, 3.63) is 29.8 Å². The molecule has 0 radical (unpaired) electrons. The lowest BCUT2D eigenvalue weighted by molar-refractivity contribution is -0.141. The number of hydrogen-bond donors (Lipinski definition) is 0. The Morgan fingerprint density at radius 3 is 2.63 bits per heavy atom. The molecule has 0 fully saturated rings. The largest absolute Gasteiger partial charge is 0.494 e. The normalized spacial score (nSPS) is 11.2. The van der Waals surface area contributed by atoms with E-state index in [4.69, 9.17) is 4.74 Å². The van der Waals surface area contributed by atoms with Crippen LogP contribution in [0.1, 0.15) is 24.8 Å². The Morgan fingerprint density at radius 1 is 1.26 bits per heavy atom. The minimum absolute atomic E-state index is 0.174. The summed E-state index contributed by atoms with van der Waals surface area (Å²) in [5.74, 6) is -0.132. The van der Waals surface area contributed by atoms with Gasteiger partial charge in [-0.1, -0.05) is 6.07 Å². The summed E-state index contributed by atoms with van der Waals surface area (Å²) in [6.45, 7) is 0.262. The molecule has 0 spiro atoms. The van der Waals surface area contributed by atoms with E-state index in [0.29, 0.717) is 12.8 Å². The number of ether oxygens (including phenoxy) is 2. The van der Waals surface area contributed by atoms with Gasteiger partial charge >= 0.3 is 12.1 Å². The number of carbonyl (C=O) groups excluding carboxylic acids is 1. The fourth-order valence-corrected chi connectivity index (χ4v) is 1.43. The van der Waals surface area contributed by atoms with Crippen LogP contribution in [0.4, 0.5) is 13.2 Å². The smallest absolute Gasteiger partial charge is 0.416 e. The Hall–Kier alpha value is -1.72. The first-order valence-electron chi connectivity index (χ1n) is 5.80. The van der Waals surface area contributed by atoms with Crippen molar-refractivity contribution in [2.45, 2.75) is 25.4 Å². The standard InChI is InChI=1S/C13H15F3O3/c1-18-12(17)7-2-3-8-19-11-6-4-5-10(9-11)13(14,15)16/h4-6,9H,2-3,7-8H2,1H3. The van der Waals surface area contributed by atoms with Crippen LogP contribution in [0.15, 0.2) is 24.3 Å². The Morgan fingerprint density at radius 2 is 2.00 bits per heavy atom. The maximum Gasteiger partial charge on any atom is 0.416 e. The SMILES string of the molecule is COC(=O)CCCCOc1cccc(C(F)(F)F)c1. The lowest BCUT2D eigenvalue weighted by Crippen LogP contribution is -2.06. The van der Waals surface area contributed by atoms with E-state index in [-0.39, 0.29) is 24.7 Å². The molecule has 106 valence electrons. The van der Waals surface area contributed by atoms with Gasteiger partial charge in [-0.15, -0.1) is 0 Å². The van der Waals surface area contributed by atoms with Gasteiger partial charge in [0.15, 0.2) is 0 Å². The van der Waals surface area contributed by atoms with Gasteiger partial charge in [-0.2, -0.15) is 13.2 Å². The Bertz CT molecular complexity index is 416. The molecule has 3 nitrogen and oxygen atoms in total. The molecule has 0 saturated carbocycles. The van der Waals surface area contributed by atoms with Gasteiger partial charge in [0, 0.05) is 6.42 Å². The number of benzene rings is 1. The number of hydrogen-bond acceptors (Lipinski definition) is 3. The second kappa shape index (κ2) is 7.01. The fraction of sp³-hybridized carbons (Fsp3) is 0.462. The summed E-state index contributed by atoms with van der Waals surface area (Å²) < 4.78 is 47.0. The molecule has 0 atom stereocenters. The highest BCUT2D eigenvalue weighted by atomic mass is 19.4. The van der Waals surface area contributed by atoms with E-state index in [9.17, 15) is 18.0 Å². The van der Waals surface area contributed by atoms with E-state index in [1.165, 1.54) is 19.2 Å². The molecule has 0 unspecified atom stereocenters. The molecule has 1 aromatic carbocycles. The third-order valence-corrected chi connectivity index (χ3v) is 2.43. The lowest BCUT2D eigenvalue weighted by atomic mass is 10.2. The first kappa shape index (κ1) is 15.3. The van der Waals surface area contributed by atoms with Gasteiger partial charge in [-0.25, -0.2) is 0 Å². The Balaban J connectivity index is 2.36. The summed E-state index contributed by atoms with van der Waals surface area (Å²) >= 11 is 0. The Labute approximate surface area is 109 Å². The highest BCUT2D eigenvalue weighted by Crippen LogP contribution is 2.31. The van der Waals surface area contributed by atoms with Crippen molar-refractivity contribution in [2.24, 2.45) is 0 Å². The van der Waals surface area contributed by atoms with Crippen LogP contribution in [0.3, 0.4) is 0 Å². The lowest BCUT2D eigenvalue weighted by Gasteiger charge is -2.10. The van der Waals surface area contributed by atoms with E-state index in [0.717, 1.165) is 12.1 Å². The van der Waals surface area contributed by atoms with Crippen LogP contribution in [0.2, 0.25) is 0 Å². The van der Waals surface area contributed by atoms with E-state index in [1.807, 2.05) is 0 Å². The summed E-state index contributed by atoms with van der Waals surface area (Å²) in [6, 6.07) is 4.71. The predicted molar refractivity (Wildman–Crippen MR) is 62.8 cm³/mol. The van der Waals surface area contributed by atoms with Crippen molar-refractivity contribution >= 4 is 5.97 Å². The molecule has 0 aromatic heterocycles. The zero-order chi connectivity index (χ0) is 14.3. The maximum absolute atomic E-state index is 12.4. The van der Waals surface area contributed by atoms with E-state index < -0.39 is 11.7 Å². The average molecular weight is 276 g/mol. The van der Waals surface area contributed by atoms with Gasteiger partial charge in [0.2, 0.25) is 0 Å². The van der Waals surface area contributed by atoms with Crippen molar-refractivity contribution in [2.75, 3.05) is 13.7 Å². The van der Waals surface area contributed by atoms with E-state index >= 15 is 0 Å². The first-order valence-corrected chi connectivity index (χ1v) is 5.80. The summed E-state index contributed by atoms with van der Waals surface area (Å²) in [5.41, 5.74) is -0.737. The molecule has 1 rings (SSSR count). The van der Waals surface area contributed by atoms with Crippen LogP contribution in [-0.2, 0) is 15.7 Å². The molecular weight excluding hydrogens is 261 g/mol. The number of carbonyl (C=O) groups is 1. The van der Waals surface area contributed by atoms with Crippen LogP contribution < -0.4 is 4.74 Å². The molecule has 0 saturated heterocycles. The quantitative estimate of drug-likeness (QED) is 0.590. The van der Waals surface area contributed by atoms with E-state index in [2.05, 4.69) is 4.74 Å². The molecule has 0 N–H and O–H groups in total. The minimum Gasteiger partial charge on any atom is -0.494 e. The van der Waals surface area contributed by atoms with Crippen molar-refractivity contribution in [3.8, 4) is 5.75 Å². The second-order valence-electron chi connectivity index (χ2n) is 3.91. The molecular formula is C13H15F3O3. The van der Waals surface area contributed by atoms with Gasteiger partial charge in [-0.05, 0) is 31.0 Å². The maximum atomic E-state index is 12.4. The van der Waals surface area contributed by atoms with Gasteiger partial charge in [0.1, 0.15) is 5.75 Å². The van der Waals surface area contributed by atoms with E-state index in [1.54, 1.807) is 0 Å². The summed E-state index contributed by atoms with van der Waals surface area (Å²) in [4.78, 5) is 10.8. The molecule has 0 aliphatic rings. The summed E-state index contributed by atoms with van der Waals surface area (Å²) in [6.07, 6.45) is -2.94. The fourth-order valence-electron chi connectivity index (χ4n) is 1.43. The van der Waals surface area contributed by atoms with Gasteiger partial charge in [0.05, 0.1) is 19.3 Å². The van der Waals surface area contributed by atoms with Gasteiger partial charge < -0.3 is 9.47 Å². The zero-order valence-electron chi connectivity index (χ0n) is 10.5. The number of methoxy groups -OCH3 is 1. The third kappa shape index (κ3) is 5.63. The molecule has 19 heavy (non-hydrogen) atoms. The monoisotopic (exact) mass is 276 g/mol. The molecule has 0 aliphatic carbocycles. The number of unbranched alkanes of at least 4 members (excludes halogenated alkanes) is 1. The van der Waals surface area contributed by atoms with Crippen molar-refractivity contribution in [3.63, 3.8) is 0 Å². The molecule has 0 bridgehead atoms. The zero-order valence-corrected chi connectivity index (χ0v) is 10.5. The number of rotatable bonds is 6. The Kier molecular flexibility index (Phi) is 5.66. The van der Waals surface area contributed by atoms with Crippen molar-refractivity contribution in [1.82, 2.24) is 0 Å². The highest BCUT2D eigenvalue weighted by molar-refractivity contribution is 5.68. The molecule has 1 aromatic rings. The predicted octanol–water partition coefficient (Wildman–Crippen LogP) is 3.43. The van der Waals surface area contributed by atoms with Crippen LogP contribution in [0.5, 0.6) is 5.75 Å². The number of esters is 1. The average Bonchev–Trinajstić information content (AvgIpc) is 2.37. The molecule has 6 heteroatoms. The minimum atomic E-state index is -4.37. The topological polar surface area (TPSA) is 35.5 Å². The van der Waals surface area contributed by atoms with Gasteiger partial charge in [-0.3, -0.25) is 4.79 Å². The van der Waals surface area contributed by atoms with Gasteiger partial charge in [0.25, 0.3) is 0 Å². The molecule has 0 aliphatic heterocycles. The first-order chi connectivity index (χ1) is 8.93. The van der Waals surface area contributed by atoms with Crippen molar-refractivity contribution < 1.29 is 27.4 Å². The third-order valence-electron chi connectivity index (χ3n) is 2.43. The van der Waals surface area contributed by atoms with Crippen LogP contribution in [0.25, 0.3) is 0 Å². The highest BCUT2D eigenvalue weighted by Gasteiger charge is 2.30. The summed E-state index contributed by atoms with van der Waals surface area (Å²) in [5, 5.41) is 0. The van der Waals surface area contributed by atoms with Crippen LogP contribution >= 0.6 is 0 Å².